The average molecular weight is 282 g/mol. The average Bonchev–Trinajstić information content (AvgIpc) is 2.21. The van der Waals surface area contributed by atoms with Crippen molar-refractivity contribution in [2.45, 2.75) is 68.4 Å². The Morgan fingerprint density at radius 3 is 2.05 bits per heavy atom. The summed E-state index contributed by atoms with van der Waals surface area (Å²) in [6, 6.07) is 0. The number of rotatable bonds is 2. The van der Waals surface area contributed by atoms with Crippen molar-refractivity contribution >= 4 is 5.97 Å². The molecule has 4 aliphatic rings. The largest absolute Gasteiger partial charge is 0.455 e. The molecule has 4 rings (SSSR count). The summed E-state index contributed by atoms with van der Waals surface area (Å²) in [5.41, 5.74) is -4.25. The molecule has 4 saturated carbocycles. The molecule has 0 spiro atoms. The lowest BCUT2D eigenvalue weighted by Gasteiger charge is -2.67. The first kappa shape index (κ1) is 14.0. The second kappa shape index (κ2) is 3.64. The zero-order valence-electron chi connectivity index (χ0n) is 12.0. The molecule has 0 saturated heterocycles. The molecule has 5 heteroatoms. The molecule has 5 nitrogen and oxygen atoms in total. The zero-order chi connectivity index (χ0) is 15.0. The molecule has 0 aromatic heterocycles. The van der Waals surface area contributed by atoms with E-state index in [1.54, 1.807) is 6.92 Å². The molecular formula is C15H22O5. The van der Waals surface area contributed by atoms with Crippen LogP contribution in [0.5, 0.6) is 0 Å². The molecule has 0 amide bonds. The Bertz CT molecular complexity index is 478. The van der Waals surface area contributed by atoms with Crippen molar-refractivity contribution in [1.82, 2.24) is 0 Å². The first-order valence-corrected chi connectivity index (χ1v) is 7.08. The second-order valence-electron chi connectivity index (χ2n) is 7.39. The van der Waals surface area contributed by atoms with E-state index in [1.165, 1.54) is 0 Å². The summed E-state index contributed by atoms with van der Waals surface area (Å²) in [7, 11) is 0. The van der Waals surface area contributed by atoms with Crippen LogP contribution in [0.25, 0.3) is 0 Å². The molecule has 20 heavy (non-hydrogen) atoms. The summed E-state index contributed by atoms with van der Waals surface area (Å²) in [6.07, 6.45) is 1.24. The highest BCUT2D eigenvalue weighted by atomic mass is 16.6. The SMILES string of the molecule is C=C(C)C(=O)OC12CC3(O)CC(O)(CC(O)(C3)C1C)C2. The van der Waals surface area contributed by atoms with Crippen LogP contribution in [0.1, 0.15) is 46.0 Å². The van der Waals surface area contributed by atoms with E-state index in [4.69, 9.17) is 4.74 Å². The highest BCUT2D eigenvalue weighted by molar-refractivity contribution is 5.87. The molecule has 0 aromatic carbocycles. The molecule has 0 radical (unpaired) electrons. The number of hydrogen-bond donors (Lipinski definition) is 3. The predicted molar refractivity (Wildman–Crippen MR) is 70.7 cm³/mol. The normalized spacial score (nSPS) is 53.0. The lowest BCUT2D eigenvalue weighted by atomic mass is 9.45. The van der Waals surface area contributed by atoms with E-state index in [-0.39, 0.29) is 43.6 Å². The van der Waals surface area contributed by atoms with Crippen LogP contribution in [0.15, 0.2) is 12.2 Å². The summed E-state index contributed by atoms with van der Waals surface area (Å²) < 4.78 is 5.60. The molecule has 4 bridgehead atoms. The standard InChI is InChI=1S/C15H22O5/c1-9(2)11(16)20-15-7-12(17)4-13(18,8-15)6-14(19,5-12)10(15)3/h10,17-19H,1,4-8H2,2-3H3. The van der Waals surface area contributed by atoms with E-state index < -0.39 is 28.4 Å². The summed E-state index contributed by atoms with van der Waals surface area (Å²) in [6.45, 7) is 6.96. The Labute approximate surface area is 118 Å². The van der Waals surface area contributed by atoms with Gasteiger partial charge in [0.05, 0.1) is 16.8 Å². The van der Waals surface area contributed by atoms with Crippen molar-refractivity contribution < 1.29 is 24.9 Å². The van der Waals surface area contributed by atoms with Crippen LogP contribution < -0.4 is 0 Å². The topological polar surface area (TPSA) is 87.0 Å². The first-order valence-electron chi connectivity index (χ1n) is 7.08. The van der Waals surface area contributed by atoms with Crippen LogP contribution in [0, 0.1) is 5.92 Å². The Hall–Kier alpha value is -0.910. The van der Waals surface area contributed by atoms with Gasteiger partial charge in [0.15, 0.2) is 0 Å². The van der Waals surface area contributed by atoms with Gasteiger partial charge in [-0.2, -0.15) is 0 Å². The van der Waals surface area contributed by atoms with Crippen LogP contribution in [-0.2, 0) is 9.53 Å². The third-order valence-electron chi connectivity index (χ3n) is 5.42. The first-order chi connectivity index (χ1) is 9.02. The Morgan fingerprint density at radius 2 is 1.60 bits per heavy atom. The van der Waals surface area contributed by atoms with E-state index in [2.05, 4.69) is 6.58 Å². The lowest BCUT2D eigenvalue weighted by molar-refractivity contribution is -0.325. The van der Waals surface area contributed by atoms with E-state index in [1.807, 2.05) is 6.92 Å². The summed E-state index contributed by atoms with van der Waals surface area (Å²) in [5.74, 6) is -0.853. The highest BCUT2D eigenvalue weighted by Gasteiger charge is 2.72. The van der Waals surface area contributed by atoms with Gasteiger partial charge in [0.1, 0.15) is 5.60 Å². The quantitative estimate of drug-likeness (QED) is 0.512. The van der Waals surface area contributed by atoms with Crippen molar-refractivity contribution in [2.24, 2.45) is 5.92 Å². The van der Waals surface area contributed by atoms with Gasteiger partial charge in [-0.3, -0.25) is 0 Å². The molecule has 0 heterocycles. The van der Waals surface area contributed by atoms with Gasteiger partial charge in [0.2, 0.25) is 0 Å². The van der Waals surface area contributed by atoms with Gasteiger partial charge in [-0.25, -0.2) is 4.79 Å². The molecule has 112 valence electrons. The fourth-order valence-corrected chi connectivity index (χ4v) is 4.90. The Balaban J connectivity index is 2.02. The molecule has 3 N–H and O–H groups in total. The van der Waals surface area contributed by atoms with Crippen LogP contribution in [0.2, 0.25) is 0 Å². The van der Waals surface area contributed by atoms with Crippen LogP contribution in [-0.4, -0.2) is 43.7 Å². The molecule has 0 aliphatic heterocycles. The van der Waals surface area contributed by atoms with Gasteiger partial charge in [-0.05, 0) is 6.92 Å². The van der Waals surface area contributed by atoms with Gasteiger partial charge >= 0.3 is 5.97 Å². The van der Waals surface area contributed by atoms with Gasteiger partial charge in [0.25, 0.3) is 0 Å². The third-order valence-corrected chi connectivity index (χ3v) is 5.42. The van der Waals surface area contributed by atoms with E-state index in [0.717, 1.165) is 0 Å². The number of carbonyl (C=O) groups excluding carboxylic acids is 1. The highest BCUT2D eigenvalue weighted by Crippen LogP contribution is 2.64. The zero-order valence-corrected chi connectivity index (χ0v) is 12.0. The monoisotopic (exact) mass is 282 g/mol. The van der Waals surface area contributed by atoms with Crippen molar-refractivity contribution in [2.75, 3.05) is 0 Å². The van der Waals surface area contributed by atoms with E-state index in [9.17, 15) is 20.1 Å². The molecule has 3 atom stereocenters. The minimum atomic E-state index is -1.19. The predicted octanol–water partition coefficient (Wildman–Crippen LogP) is 0.665. The van der Waals surface area contributed by atoms with Crippen LogP contribution >= 0.6 is 0 Å². The maximum atomic E-state index is 11.9. The number of esters is 1. The van der Waals surface area contributed by atoms with Crippen LogP contribution in [0.4, 0.5) is 0 Å². The minimum absolute atomic E-state index is 0.232. The minimum Gasteiger partial charge on any atom is -0.455 e. The number of hydrogen-bond acceptors (Lipinski definition) is 5. The molecule has 4 fully saturated rings. The fourth-order valence-electron chi connectivity index (χ4n) is 4.90. The Morgan fingerprint density at radius 1 is 1.10 bits per heavy atom. The van der Waals surface area contributed by atoms with E-state index >= 15 is 0 Å². The molecule has 3 unspecified atom stereocenters. The van der Waals surface area contributed by atoms with Crippen molar-refractivity contribution in [3.63, 3.8) is 0 Å². The van der Waals surface area contributed by atoms with Gasteiger partial charge in [-0.1, -0.05) is 13.5 Å². The molecule has 0 aromatic rings. The second-order valence-corrected chi connectivity index (χ2v) is 7.39. The van der Waals surface area contributed by atoms with Crippen LogP contribution in [0.3, 0.4) is 0 Å². The smallest absolute Gasteiger partial charge is 0.333 e. The van der Waals surface area contributed by atoms with Gasteiger partial charge in [-0.15, -0.1) is 0 Å². The Kier molecular flexibility index (Phi) is 2.56. The fraction of sp³-hybridized carbons (Fsp3) is 0.800. The molecular weight excluding hydrogens is 260 g/mol. The summed E-state index contributed by atoms with van der Waals surface area (Å²) in [5, 5.41) is 32.1. The maximum Gasteiger partial charge on any atom is 0.333 e. The lowest BCUT2D eigenvalue weighted by Crippen LogP contribution is -2.76. The van der Waals surface area contributed by atoms with Crippen molar-refractivity contribution in [3.05, 3.63) is 12.2 Å². The van der Waals surface area contributed by atoms with E-state index in [0.29, 0.717) is 0 Å². The summed E-state index contributed by atoms with van der Waals surface area (Å²) in [4.78, 5) is 11.9. The van der Waals surface area contributed by atoms with Crippen molar-refractivity contribution in [3.8, 4) is 0 Å². The summed E-state index contributed by atoms with van der Waals surface area (Å²) >= 11 is 0. The maximum absolute atomic E-state index is 11.9. The third kappa shape index (κ3) is 1.76. The van der Waals surface area contributed by atoms with Gasteiger partial charge in [0, 0.05) is 43.6 Å². The number of ether oxygens (including phenoxy) is 1. The molecule has 4 aliphatic carbocycles. The number of carbonyl (C=O) groups is 1. The van der Waals surface area contributed by atoms with Crippen molar-refractivity contribution in [1.29, 1.82) is 0 Å². The number of aliphatic hydroxyl groups is 3. The van der Waals surface area contributed by atoms with Gasteiger partial charge < -0.3 is 20.1 Å².